The molecule has 3 amide bonds. The molecule has 7 nitrogen and oxygen atoms in total. The van der Waals surface area contributed by atoms with Crippen LogP contribution in [0.1, 0.15) is 19.8 Å². The van der Waals surface area contributed by atoms with Gasteiger partial charge in [-0.05, 0) is 12.8 Å². The summed E-state index contributed by atoms with van der Waals surface area (Å²) >= 11 is 0. The summed E-state index contributed by atoms with van der Waals surface area (Å²) in [6.45, 7) is 3.40. The number of ether oxygens (including phenoxy) is 1. The predicted molar refractivity (Wildman–Crippen MR) is 89.7 cm³/mol. The first-order chi connectivity index (χ1) is 12.4. The number of fused-ring (bicyclic) bond motifs is 1. The van der Waals surface area contributed by atoms with E-state index in [-0.39, 0.29) is 23.8 Å². The summed E-state index contributed by atoms with van der Waals surface area (Å²) in [6, 6.07) is 0. The van der Waals surface area contributed by atoms with E-state index in [0.717, 1.165) is 0 Å². The number of likely N-dealkylation sites (tertiary alicyclic amines) is 2. The number of carbonyl (C=O) groups is 3. The molecule has 2 bridgehead atoms. The van der Waals surface area contributed by atoms with Gasteiger partial charge in [-0.3, -0.25) is 14.4 Å². The molecule has 3 fully saturated rings. The van der Waals surface area contributed by atoms with E-state index < -0.39 is 23.6 Å². The highest BCUT2D eigenvalue weighted by molar-refractivity contribution is 5.93. The van der Waals surface area contributed by atoms with Crippen LogP contribution in [-0.4, -0.2) is 78.1 Å². The molecule has 4 aliphatic heterocycles. The van der Waals surface area contributed by atoms with Gasteiger partial charge in [-0.15, -0.1) is 0 Å². The Morgan fingerprint density at radius 1 is 1.38 bits per heavy atom. The van der Waals surface area contributed by atoms with Crippen LogP contribution in [0.15, 0.2) is 12.2 Å². The van der Waals surface area contributed by atoms with Crippen molar-refractivity contribution in [2.24, 2.45) is 11.8 Å². The fraction of sp³-hybridized carbons (Fsp3) is 0.722. The molecule has 4 atom stereocenters. The van der Waals surface area contributed by atoms with Crippen LogP contribution in [0.4, 0.5) is 4.39 Å². The van der Waals surface area contributed by atoms with Crippen molar-refractivity contribution in [3.63, 3.8) is 0 Å². The second-order valence-electron chi connectivity index (χ2n) is 7.64. The molecule has 4 heterocycles. The first kappa shape index (κ1) is 17.5. The zero-order valence-electron chi connectivity index (χ0n) is 14.8. The van der Waals surface area contributed by atoms with Gasteiger partial charge in [0.05, 0.1) is 24.5 Å². The van der Waals surface area contributed by atoms with E-state index in [2.05, 4.69) is 5.32 Å². The van der Waals surface area contributed by atoms with Gasteiger partial charge in [0, 0.05) is 33.1 Å². The van der Waals surface area contributed by atoms with E-state index in [1.54, 1.807) is 9.80 Å². The lowest BCUT2D eigenvalue weighted by Crippen LogP contribution is -2.48. The first-order valence-electron chi connectivity index (χ1n) is 9.24. The van der Waals surface area contributed by atoms with Crippen LogP contribution in [0.5, 0.6) is 0 Å². The highest BCUT2D eigenvalue weighted by Gasteiger charge is 2.67. The van der Waals surface area contributed by atoms with Crippen molar-refractivity contribution in [2.45, 2.75) is 37.6 Å². The van der Waals surface area contributed by atoms with E-state index in [4.69, 9.17) is 4.74 Å². The third kappa shape index (κ3) is 2.71. The van der Waals surface area contributed by atoms with Crippen LogP contribution in [0.3, 0.4) is 0 Å². The van der Waals surface area contributed by atoms with Gasteiger partial charge in [0.15, 0.2) is 0 Å². The molecule has 0 aromatic heterocycles. The summed E-state index contributed by atoms with van der Waals surface area (Å²) in [7, 11) is 0. The molecule has 142 valence electrons. The van der Waals surface area contributed by atoms with Crippen LogP contribution in [-0.2, 0) is 19.1 Å². The SMILES string of the molecule is CC(=O)NCCN1C[C@]23C=C[C@H](O2)C(C(=O)N2CCC(F)CC2)C3C1=O. The maximum atomic E-state index is 13.4. The lowest BCUT2D eigenvalue weighted by atomic mass is 9.76. The third-order valence-corrected chi connectivity index (χ3v) is 5.96. The number of halogens is 1. The largest absolute Gasteiger partial charge is 0.360 e. The average molecular weight is 365 g/mol. The second-order valence-corrected chi connectivity index (χ2v) is 7.64. The summed E-state index contributed by atoms with van der Waals surface area (Å²) in [5, 5.41) is 2.69. The van der Waals surface area contributed by atoms with Crippen LogP contribution in [0, 0.1) is 11.8 Å². The number of amides is 3. The van der Waals surface area contributed by atoms with Crippen molar-refractivity contribution in [3.05, 3.63) is 12.2 Å². The molecule has 1 N–H and O–H groups in total. The third-order valence-electron chi connectivity index (χ3n) is 5.96. The number of nitrogens with one attached hydrogen (secondary N) is 1. The summed E-state index contributed by atoms with van der Waals surface area (Å²) in [6.07, 6.45) is 3.27. The Kier molecular flexibility index (Phi) is 4.25. The van der Waals surface area contributed by atoms with Gasteiger partial charge in [0.25, 0.3) is 0 Å². The van der Waals surface area contributed by atoms with Crippen molar-refractivity contribution in [1.29, 1.82) is 0 Å². The molecule has 0 aromatic rings. The zero-order valence-corrected chi connectivity index (χ0v) is 14.8. The number of hydrogen-bond donors (Lipinski definition) is 1. The van der Waals surface area contributed by atoms with E-state index >= 15 is 0 Å². The molecule has 0 radical (unpaired) electrons. The summed E-state index contributed by atoms with van der Waals surface area (Å²) in [5.41, 5.74) is -0.739. The molecular weight excluding hydrogens is 341 g/mol. The molecule has 8 heteroatoms. The lowest BCUT2D eigenvalue weighted by molar-refractivity contribution is -0.144. The van der Waals surface area contributed by atoms with Crippen molar-refractivity contribution in [2.75, 3.05) is 32.7 Å². The van der Waals surface area contributed by atoms with Gasteiger partial charge < -0.3 is 19.9 Å². The van der Waals surface area contributed by atoms with Crippen LogP contribution < -0.4 is 5.32 Å². The van der Waals surface area contributed by atoms with Crippen LogP contribution in [0.25, 0.3) is 0 Å². The monoisotopic (exact) mass is 365 g/mol. The van der Waals surface area contributed by atoms with E-state index in [0.29, 0.717) is 45.6 Å². The number of piperidine rings is 1. The van der Waals surface area contributed by atoms with Crippen molar-refractivity contribution in [3.8, 4) is 0 Å². The van der Waals surface area contributed by atoms with E-state index in [1.165, 1.54) is 6.92 Å². The number of alkyl halides is 1. The number of nitrogens with zero attached hydrogens (tertiary/aromatic N) is 2. The van der Waals surface area contributed by atoms with Gasteiger partial charge in [-0.2, -0.15) is 0 Å². The molecule has 4 rings (SSSR count). The van der Waals surface area contributed by atoms with Gasteiger partial charge in [0.1, 0.15) is 11.8 Å². The summed E-state index contributed by atoms with van der Waals surface area (Å²) < 4.78 is 19.5. The summed E-state index contributed by atoms with van der Waals surface area (Å²) in [5.74, 6) is -1.40. The molecule has 0 aliphatic carbocycles. The minimum atomic E-state index is -0.848. The number of carbonyl (C=O) groups excluding carboxylic acids is 3. The minimum absolute atomic E-state index is 0.0964. The first-order valence-corrected chi connectivity index (χ1v) is 9.24. The highest BCUT2D eigenvalue weighted by Crippen LogP contribution is 2.52. The Labute approximate surface area is 151 Å². The standard InChI is InChI=1S/C18H24FN3O4/c1-11(23)20-6-9-22-10-18-5-2-13(26-18)14(15(18)17(22)25)16(24)21-7-3-12(19)4-8-21/h2,5,12-15H,3-4,6-10H2,1H3,(H,20,23)/t13-,14?,15?,18-/m0/s1. The Hall–Kier alpha value is -1.96. The molecule has 3 saturated heterocycles. The topological polar surface area (TPSA) is 79.0 Å². The Bertz CT molecular complexity index is 661. The van der Waals surface area contributed by atoms with Crippen molar-refractivity contribution >= 4 is 17.7 Å². The predicted octanol–water partition coefficient (Wildman–Crippen LogP) is -0.135. The van der Waals surface area contributed by atoms with Crippen molar-refractivity contribution < 1.29 is 23.5 Å². The van der Waals surface area contributed by atoms with Crippen LogP contribution >= 0.6 is 0 Å². The molecule has 26 heavy (non-hydrogen) atoms. The number of hydrogen-bond acceptors (Lipinski definition) is 4. The molecule has 0 aromatic carbocycles. The Morgan fingerprint density at radius 2 is 2.12 bits per heavy atom. The van der Waals surface area contributed by atoms with E-state index in [1.807, 2.05) is 12.2 Å². The minimum Gasteiger partial charge on any atom is -0.360 e. The Balaban J connectivity index is 1.48. The quantitative estimate of drug-likeness (QED) is 0.704. The normalized spacial score (nSPS) is 35.9. The molecule has 0 saturated carbocycles. The van der Waals surface area contributed by atoms with Gasteiger partial charge in [-0.1, -0.05) is 12.2 Å². The zero-order chi connectivity index (χ0) is 18.5. The average Bonchev–Trinajstić information content (AvgIpc) is 3.23. The maximum absolute atomic E-state index is 13.4. The van der Waals surface area contributed by atoms with Crippen molar-refractivity contribution in [1.82, 2.24) is 15.1 Å². The van der Waals surface area contributed by atoms with Crippen LogP contribution in [0.2, 0.25) is 0 Å². The van der Waals surface area contributed by atoms with Gasteiger partial charge >= 0.3 is 0 Å². The molecular formula is C18H24FN3O4. The molecule has 2 unspecified atom stereocenters. The molecule has 4 aliphatic rings. The van der Waals surface area contributed by atoms with E-state index in [9.17, 15) is 18.8 Å². The fourth-order valence-electron chi connectivity index (χ4n) is 4.70. The highest BCUT2D eigenvalue weighted by atomic mass is 19.1. The Morgan fingerprint density at radius 3 is 2.81 bits per heavy atom. The second kappa shape index (κ2) is 6.33. The van der Waals surface area contributed by atoms with Gasteiger partial charge in [-0.25, -0.2) is 4.39 Å². The smallest absolute Gasteiger partial charge is 0.230 e. The molecule has 1 spiro atoms. The fourth-order valence-corrected chi connectivity index (χ4v) is 4.70. The number of rotatable bonds is 4. The van der Waals surface area contributed by atoms with Gasteiger partial charge in [0.2, 0.25) is 17.7 Å². The maximum Gasteiger partial charge on any atom is 0.230 e. The summed E-state index contributed by atoms with van der Waals surface area (Å²) in [4.78, 5) is 40.4. The lowest BCUT2D eigenvalue weighted by Gasteiger charge is -2.33.